The van der Waals surface area contributed by atoms with Crippen LogP contribution in [0, 0.1) is 0 Å². The first-order chi connectivity index (χ1) is 8.90. The summed E-state index contributed by atoms with van der Waals surface area (Å²) in [4.78, 5) is 9.76. The Hall–Kier alpha value is -0.960. The largest absolute Gasteiger partial charge is 0.316 e. The Balaban J connectivity index is 1.66. The molecule has 0 amide bonds. The Morgan fingerprint density at radius 2 is 1.56 bits per heavy atom. The van der Waals surface area contributed by atoms with Crippen LogP contribution in [0.25, 0.3) is 0 Å². The van der Waals surface area contributed by atoms with Gasteiger partial charge in [-0.1, -0.05) is 0 Å². The van der Waals surface area contributed by atoms with Crippen LogP contribution in [0.15, 0.2) is 6.07 Å². The number of rotatable bonds is 3. The summed E-state index contributed by atoms with van der Waals surface area (Å²) in [6.45, 7) is 2.23. The Kier molecular flexibility index (Phi) is 2.61. The molecule has 2 aliphatic carbocycles. The van der Waals surface area contributed by atoms with Gasteiger partial charge in [0.05, 0.1) is 0 Å². The van der Waals surface area contributed by atoms with Crippen molar-refractivity contribution in [2.45, 2.75) is 56.3 Å². The maximum Gasteiger partial charge on any atom is 0.133 e. The lowest BCUT2D eigenvalue weighted by Gasteiger charge is -2.22. The van der Waals surface area contributed by atoms with Crippen LogP contribution in [0.3, 0.4) is 0 Å². The molecule has 0 spiro atoms. The summed E-state index contributed by atoms with van der Waals surface area (Å²) < 4.78 is 0. The molecule has 1 aromatic heterocycles. The summed E-state index contributed by atoms with van der Waals surface area (Å²) in [6.07, 6.45) is 7.87. The van der Waals surface area contributed by atoms with E-state index in [9.17, 15) is 0 Å². The molecule has 18 heavy (non-hydrogen) atoms. The summed E-state index contributed by atoms with van der Waals surface area (Å²) in [5, 5.41) is 3.48. The first-order valence-electron chi connectivity index (χ1n) is 7.49. The van der Waals surface area contributed by atoms with Crippen molar-refractivity contribution in [1.82, 2.24) is 15.3 Å². The third-order valence-corrected chi connectivity index (χ3v) is 4.44. The Morgan fingerprint density at radius 1 is 0.889 bits per heavy atom. The molecule has 0 aromatic carbocycles. The van der Waals surface area contributed by atoms with Crippen molar-refractivity contribution in [3.63, 3.8) is 0 Å². The molecule has 4 rings (SSSR count). The number of hydrogen-bond donors (Lipinski definition) is 1. The van der Waals surface area contributed by atoms with Gasteiger partial charge < -0.3 is 5.32 Å². The molecule has 0 radical (unpaired) electrons. The molecule has 1 atom stereocenters. The third-order valence-electron chi connectivity index (χ3n) is 4.44. The van der Waals surface area contributed by atoms with Crippen molar-refractivity contribution >= 4 is 0 Å². The SMILES string of the molecule is c1c(C2CC2)nc(C2CCCNC2)nc1C1CC1. The maximum atomic E-state index is 4.88. The lowest BCUT2D eigenvalue weighted by atomic mass is 9.98. The van der Waals surface area contributed by atoms with Crippen LogP contribution < -0.4 is 5.32 Å². The van der Waals surface area contributed by atoms with Crippen LogP contribution >= 0.6 is 0 Å². The monoisotopic (exact) mass is 243 g/mol. The average molecular weight is 243 g/mol. The minimum atomic E-state index is 0.551. The van der Waals surface area contributed by atoms with Crippen LogP contribution in [0.1, 0.15) is 73.5 Å². The molecule has 1 saturated heterocycles. The second kappa shape index (κ2) is 4.30. The molecule has 1 aliphatic heterocycles. The van der Waals surface area contributed by atoms with Gasteiger partial charge in [0.25, 0.3) is 0 Å². The van der Waals surface area contributed by atoms with E-state index < -0.39 is 0 Å². The fraction of sp³-hybridized carbons (Fsp3) is 0.733. The minimum Gasteiger partial charge on any atom is -0.316 e. The van der Waals surface area contributed by atoms with E-state index in [0.717, 1.165) is 30.7 Å². The Morgan fingerprint density at radius 3 is 2.06 bits per heavy atom. The molecule has 0 bridgehead atoms. The molecular weight excluding hydrogens is 222 g/mol. The molecule has 1 unspecified atom stereocenters. The molecule has 1 aromatic rings. The Labute approximate surface area is 108 Å². The van der Waals surface area contributed by atoms with E-state index in [0.29, 0.717) is 5.92 Å². The highest BCUT2D eigenvalue weighted by molar-refractivity contribution is 5.25. The summed E-state index contributed by atoms with van der Waals surface area (Å²) in [6, 6.07) is 2.30. The predicted molar refractivity (Wildman–Crippen MR) is 70.8 cm³/mol. The van der Waals surface area contributed by atoms with Crippen LogP contribution in [0.2, 0.25) is 0 Å². The second-order valence-electron chi connectivity index (χ2n) is 6.17. The lowest BCUT2D eigenvalue weighted by molar-refractivity contribution is 0.444. The molecule has 1 N–H and O–H groups in total. The molecule has 2 heterocycles. The highest BCUT2D eigenvalue weighted by Crippen LogP contribution is 2.44. The van der Waals surface area contributed by atoms with Gasteiger partial charge in [-0.15, -0.1) is 0 Å². The van der Waals surface area contributed by atoms with E-state index in [4.69, 9.17) is 9.97 Å². The number of nitrogens with zero attached hydrogens (tertiary/aromatic N) is 2. The van der Waals surface area contributed by atoms with Crippen molar-refractivity contribution in [1.29, 1.82) is 0 Å². The normalized spacial score (nSPS) is 28.3. The van der Waals surface area contributed by atoms with Crippen LogP contribution in [0.4, 0.5) is 0 Å². The molecule has 2 saturated carbocycles. The van der Waals surface area contributed by atoms with Gasteiger partial charge in [-0.3, -0.25) is 0 Å². The van der Waals surface area contributed by atoms with Crippen LogP contribution in [0.5, 0.6) is 0 Å². The van der Waals surface area contributed by atoms with E-state index >= 15 is 0 Å². The first-order valence-corrected chi connectivity index (χ1v) is 7.49. The fourth-order valence-electron chi connectivity index (χ4n) is 2.94. The zero-order valence-electron chi connectivity index (χ0n) is 10.9. The zero-order valence-corrected chi connectivity index (χ0v) is 10.9. The molecule has 3 fully saturated rings. The minimum absolute atomic E-state index is 0.551. The van der Waals surface area contributed by atoms with Crippen molar-refractivity contribution < 1.29 is 0 Å². The maximum absolute atomic E-state index is 4.88. The van der Waals surface area contributed by atoms with E-state index in [1.807, 2.05) is 0 Å². The summed E-state index contributed by atoms with van der Waals surface area (Å²) in [7, 11) is 0. The molecule has 96 valence electrons. The molecule has 3 aliphatic rings. The average Bonchev–Trinajstić information content (AvgIpc) is 3.32. The smallest absolute Gasteiger partial charge is 0.133 e. The highest BCUT2D eigenvalue weighted by atomic mass is 15.0. The van der Waals surface area contributed by atoms with E-state index in [1.165, 1.54) is 49.9 Å². The molecular formula is C15H21N3. The van der Waals surface area contributed by atoms with Crippen molar-refractivity contribution in [3.05, 3.63) is 23.3 Å². The van der Waals surface area contributed by atoms with Gasteiger partial charge in [-0.05, 0) is 51.1 Å². The standard InChI is InChI=1S/C15H21N3/c1-2-12(9-16-7-1)15-17-13(10-3-4-10)8-14(18-15)11-5-6-11/h8,10-12,16H,1-7,9H2. The fourth-order valence-corrected chi connectivity index (χ4v) is 2.94. The number of aromatic nitrogens is 2. The first kappa shape index (κ1) is 10.9. The summed E-state index contributed by atoms with van der Waals surface area (Å²) >= 11 is 0. The van der Waals surface area contributed by atoms with Gasteiger partial charge in [0.2, 0.25) is 0 Å². The van der Waals surface area contributed by atoms with Gasteiger partial charge in [0.15, 0.2) is 0 Å². The zero-order chi connectivity index (χ0) is 11.9. The third kappa shape index (κ3) is 2.16. The van der Waals surface area contributed by atoms with Crippen LogP contribution in [-0.4, -0.2) is 23.1 Å². The predicted octanol–water partition coefficient (Wildman–Crippen LogP) is 2.70. The van der Waals surface area contributed by atoms with Gasteiger partial charge >= 0.3 is 0 Å². The molecule has 3 heteroatoms. The topological polar surface area (TPSA) is 37.8 Å². The highest BCUT2D eigenvalue weighted by Gasteiger charge is 2.31. The lowest BCUT2D eigenvalue weighted by Crippen LogP contribution is -2.29. The van der Waals surface area contributed by atoms with Crippen LogP contribution in [-0.2, 0) is 0 Å². The van der Waals surface area contributed by atoms with E-state index in [-0.39, 0.29) is 0 Å². The summed E-state index contributed by atoms with van der Waals surface area (Å²) in [5.74, 6) is 3.19. The van der Waals surface area contributed by atoms with Gasteiger partial charge in [0, 0.05) is 35.7 Å². The molecule has 3 nitrogen and oxygen atoms in total. The van der Waals surface area contributed by atoms with Gasteiger partial charge in [-0.2, -0.15) is 0 Å². The quantitative estimate of drug-likeness (QED) is 0.887. The van der Waals surface area contributed by atoms with Gasteiger partial charge in [0.1, 0.15) is 5.82 Å². The van der Waals surface area contributed by atoms with Crippen molar-refractivity contribution in [2.75, 3.05) is 13.1 Å². The number of hydrogen-bond acceptors (Lipinski definition) is 3. The Bertz CT molecular complexity index is 413. The number of piperidine rings is 1. The van der Waals surface area contributed by atoms with E-state index in [1.54, 1.807) is 0 Å². The van der Waals surface area contributed by atoms with Crippen molar-refractivity contribution in [2.24, 2.45) is 0 Å². The van der Waals surface area contributed by atoms with Gasteiger partial charge in [-0.25, -0.2) is 9.97 Å². The van der Waals surface area contributed by atoms with E-state index in [2.05, 4.69) is 11.4 Å². The second-order valence-corrected chi connectivity index (χ2v) is 6.17. The van der Waals surface area contributed by atoms with Crippen molar-refractivity contribution in [3.8, 4) is 0 Å². The number of nitrogens with one attached hydrogen (secondary N) is 1. The summed E-state index contributed by atoms with van der Waals surface area (Å²) in [5.41, 5.74) is 2.68.